The summed E-state index contributed by atoms with van der Waals surface area (Å²) in [5.74, 6) is -0.00303. The minimum atomic E-state index is -0.327. The maximum atomic E-state index is 11.9. The van der Waals surface area contributed by atoms with Crippen molar-refractivity contribution < 1.29 is 18.8 Å². The number of hydrogen-bond acceptors (Lipinski definition) is 5. The molecule has 0 aromatic carbocycles. The fourth-order valence-electron chi connectivity index (χ4n) is 1.65. The highest BCUT2D eigenvalue weighted by Crippen LogP contribution is 2.02. The Kier molecular flexibility index (Phi) is 7.88. The van der Waals surface area contributed by atoms with Gasteiger partial charge in [0, 0.05) is 32.4 Å². The molecule has 1 aromatic heterocycles. The summed E-state index contributed by atoms with van der Waals surface area (Å²) in [5, 5.41) is 8.82. The number of amides is 3. The number of rotatable bonds is 9. The van der Waals surface area contributed by atoms with Gasteiger partial charge in [0.1, 0.15) is 12.8 Å². The number of anilines is 1. The van der Waals surface area contributed by atoms with Gasteiger partial charge < -0.3 is 24.8 Å². The van der Waals surface area contributed by atoms with E-state index in [0.29, 0.717) is 38.5 Å². The van der Waals surface area contributed by atoms with Crippen molar-refractivity contribution in [2.45, 2.75) is 20.3 Å². The summed E-state index contributed by atoms with van der Waals surface area (Å²) in [6, 6.07) is 1.26. The minimum absolute atomic E-state index is 0.0508. The van der Waals surface area contributed by atoms with Crippen LogP contribution in [0.4, 0.5) is 10.6 Å². The predicted molar refractivity (Wildman–Crippen MR) is 76.9 cm³/mol. The van der Waals surface area contributed by atoms with Crippen molar-refractivity contribution in [3.8, 4) is 0 Å². The second-order valence-electron chi connectivity index (χ2n) is 4.24. The Morgan fingerprint density at radius 2 is 2.24 bits per heavy atom. The van der Waals surface area contributed by atoms with Crippen LogP contribution in [0, 0.1) is 0 Å². The first-order chi connectivity index (χ1) is 10.2. The van der Waals surface area contributed by atoms with Crippen LogP contribution in [0.3, 0.4) is 0 Å². The van der Waals surface area contributed by atoms with Gasteiger partial charge in [-0.3, -0.25) is 4.79 Å². The van der Waals surface area contributed by atoms with Gasteiger partial charge in [0.05, 0.1) is 0 Å². The lowest BCUT2D eigenvalue weighted by atomic mass is 10.4. The summed E-state index contributed by atoms with van der Waals surface area (Å²) in [4.78, 5) is 25.2. The average molecular weight is 298 g/mol. The van der Waals surface area contributed by atoms with E-state index in [1.165, 1.54) is 17.2 Å². The number of nitrogens with zero attached hydrogens (tertiary/aromatic N) is 2. The summed E-state index contributed by atoms with van der Waals surface area (Å²) in [7, 11) is 0. The molecule has 118 valence electrons. The molecule has 1 rings (SSSR count). The van der Waals surface area contributed by atoms with E-state index in [-0.39, 0.29) is 18.5 Å². The molecule has 0 aliphatic heterocycles. The molecule has 3 amide bonds. The van der Waals surface area contributed by atoms with Crippen molar-refractivity contribution in [2.75, 3.05) is 38.2 Å². The quantitative estimate of drug-likeness (QED) is 0.665. The molecule has 0 aliphatic carbocycles. The largest absolute Gasteiger partial charge is 0.382 e. The van der Waals surface area contributed by atoms with Gasteiger partial charge in [0.2, 0.25) is 5.91 Å². The number of urea groups is 1. The average Bonchev–Trinajstić information content (AvgIpc) is 2.95. The fraction of sp³-hybridized carbons (Fsp3) is 0.615. The Labute approximate surface area is 123 Å². The molecule has 0 saturated carbocycles. The number of nitrogens with one attached hydrogen (secondary N) is 2. The molecular weight excluding hydrogens is 276 g/mol. The zero-order valence-electron chi connectivity index (χ0n) is 12.4. The molecule has 0 saturated heterocycles. The third-order valence-corrected chi connectivity index (χ3v) is 2.58. The standard InChI is InChI=1S/C13H22N4O4/c1-3-14-13(19)17(7-5-8-20-4-2)10-12(18)15-11-6-9-21-16-11/h6,9H,3-5,7-8,10H2,1-2H3,(H,14,19)(H,15,16,18). The van der Waals surface area contributed by atoms with Crippen molar-refractivity contribution >= 4 is 17.8 Å². The number of ether oxygens (including phenoxy) is 1. The first-order valence-corrected chi connectivity index (χ1v) is 6.98. The van der Waals surface area contributed by atoms with E-state index in [9.17, 15) is 9.59 Å². The van der Waals surface area contributed by atoms with Gasteiger partial charge in [-0.1, -0.05) is 5.16 Å². The highest BCUT2D eigenvalue weighted by Gasteiger charge is 2.16. The number of hydrogen-bond donors (Lipinski definition) is 2. The second kappa shape index (κ2) is 9.76. The van der Waals surface area contributed by atoms with Crippen LogP contribution < -0.4 is 10.6 Å². The van der Waals surface area contributed by atoms with Gasteiger partial charge in [0.15, 0.2) is 5.82 Å². The van der Waals surface area contributed by atoms with E-state index >= 15 is 0 Å². The summed E-state index contributed by atoms with van der Waals surface area (Å²) < 4.78 is 9.86. The summed E-state index contributed by atoms with van der Waals surface area (Å²) >= 11 is 0. The Bertz CT molecular complexity index is 422. The highest BCUT2D eigenvalue weighted by atomic mass is 16.5. The number of aromatic nitrogens is 1. The van der Waals surface area contributed by atoms with E-state index in [1.54, 1.807) is 0 Å². The van der Waals surface area contributed by atoms with Crippen molar-refractivity contribution in [2.24, 2.45) is 0 Å². The van der Waals surface area contributed by atoms with Crippen LogP contribution in [0.25, 0.3) is 0 Å². The Hall–Kier alpha value is -2.09. The van der Waals surface area contributed by atoms with Gasteiger partial charge in [-0.25, -0.2) is 4.79 Å². The first kappa shape index (κ1) is 17.0. The topological polar surface area (TPSA) is 96.7 Å². The molecule has 0 bridgehead atoms. The Morgan fingerprint density at radius 1 is 1.43 bits per heavy atom. The van der Waals surface area contributed by atoms with Gasteiger partial charge in [-0.2, -0.15) is 0 Å². The zero-order valence-corrected chi connectivity index (χ0v) is 12.4. The monoisotopic (exact) mass is 298 g/mol. The van der Waals surface area contributed by atoms with Crippen molar-refractivity contribution in [1.29, 1.82) is 0 Å². The van der Waals surface area contributed by atoms with Gasteiger partial charge in [0.25, 0.3) is 0 Å². The maximum absolute atomic E-state index is 11.9. The Morgan fingerprint density at radius 3 is 2.86 bits per heavy atom. The van der Waals surface area contributed by atoms with Crippen LogP contribution in [0.5, 0.6) is 0 Å². The zero-order chi connectivity index (χ0) is 15.5. The van der Waals surface area contributed by atoms with Gasteiger partial charge >= 0.3 is 6.03 Å². The van der Waals surface area contributed by atoms with Crippen LogP contribution in [0.15, 0.2) is 16.9 Å². The predicted octanol–water partition coefficient (Wildman–Crippen LogP) is 1.07. The molecule has 8 heteroatoms. The molecule has 8 nitrogen and oxygen atoms in total. The third-order valence-electron chi connectivity index (χ3n) is 2.58. The molecule has 0 spiro atoms. The molecule has 0 fully saturated rings. The van der Waals surface area contributed by atoms with Gasteiger partial charge in [-0.15, -0.1) is 0 Å². The number of carbonyl (C=O) groups excluding carboxylic acids is 2. The molecular formula is C13H22N4O4. The lowest BCUT2D eigenvalue weighted by Crippen LogP contribution is -2.44. The molecule has 0 aliphatic rings. The summed E-state index contributed by atoms with van der Waals surface area (Å²) in [6.07, 6.45) is 2.03. The molecule has 0 unspecified atom stereocenters. The van der Waals surface area contributed by atoms with Crippen LogP contribution in [-0.2, 0) is 9.53 Å². The number of carbonyl (C=O) groups is 2. The van der Waals surface area contributed by atoms with E-state index in [0.717, 1.165) is 0 Å². The molecule has 1 aromatic rings. The van der Waals surface area contributed by atoms with E-state index in [2.05, 4.69) is 20.3 Å². The summed E-state index contributed by atoms with van der Waals surface area (Å²) in [5.41, 5.74) is 0. The van der Waals surface area contributed by atoms with E-state index < -0.39 is 0 Å². The second-order valence-corrected chi connectivity index (χ2v) is 4.24. The molecule has 1 heterocycles. The van der Waals surface area contributed by atoms with Crippen LogP contribution in [0.2, 0.25) is 0 Å². The molecule has 0 radical (unpaired) electrons. The highest BCUT2D eigenvalue weighted by molar-refractivity contribution is 5.93. The summed E-state index contributed by atoms with van der Waals surface area (Å²) in [6.45, 7) is 5.82. The third kappa shape index (κ3) is 6.75. The van der Waals surface area contributed by atoms with Crippen molar-refractivity contribution in [3.63, 3.8) is 0 Å². The normalized spacial score (nSPS) is 10.2. The van der Waals surface area contributed by atoms with E-state index in [4.69, 9.17) is 4.74 Å². The van der Waals surface area contributed by atoms with Crippen LogP contribution in [-0.4, -0.2) is 54.8 Å². The van der Waals surface area contributed by atoms with Crippen LogP contribution in [0.1, 0.15) is 20.3 Å². The maximum Gasteiger partial charge on any atom is 0.317 e. The molecule has 0 atom stereocenters. The minimum Gasteiger partial charge on any atom is -0.382 e. The first-order valence-electron chi connectivity index (χ1n) is 6.98. The fourth-order valence-corrected chi connectivity index (χ4v) is 1.65. The smallest absolute Gasteiger partial charge is 0.317 e. The lowest BCUT2D eigenvalue weighted by Gasteiger charge is -2.22. The van der Waals surface area contributed by atoms with E-state index in [1.807, 2.05) is 13.8 Å². The van der Waals surface area contributed by atoms with Gasteiger partial charge in [-0.05, 0) is 20.3 Å². The van der Waals surface area contributed by atoms with Crippen LogP contribution >= 0.6 is 0 Å². The lowest BCUT2D eigenvalue weighted by molar-refractivity contribution is -0.116. The Balaban J connectivity index is 2.46. The van der Waals surface area contributed by atoms with Crippen molar-refractivity contribution in [3.05, 3.63) is 12.3 Å². The molecule has 2 N–H and O–H groups in total. The SMILES string of the molecule is CCNC(=O)N(CCCOCC)CC(=O)Nc1ccon1. The van der Waals surface area contributed by atoms with Crippen molar-refractivity contribution in [1.82, 2.24) is 15.4 Å². The molecule has 21 heavy (non-hydrogen) atoms.